The molecule has 0 aromatic carbocycles. The minimum Gasteiger partial charge on any atom is -0.480 e. The van der Waals surface area contributed by atoms with Crippen molar-refractivity contribution < 1.29 is 23.1 Å². The second-order valence-corrected chi connectivity index (χ2v) is 5.99. The van der Waals surface area contributed by atoms with Gasteiger partial charge in [0, 0.05) is 32.5 Å². The molecule has 1 aliphatic rings. The quantitative estimate of drug-likeness (QED) is 0.774. The van der Waals surface area contributed by atoms with Gasteiger partial charge in [-0.3, -0.25) is 4.79 Å². The van der Waals surface area contributed by atoms with E-state index >= 15 is 0 Å². The first kappa shape index (κ1) is 13.1. The van der Waals surface area contributed by atoms with E-state index in [0.717, 1.165) is 0 Å². The summed E-state index contributed by atoms with van der Waals surface area (Å²) >= 11 is 0. The Bertz CT molecular complexity index is 557. The molecule has 1 aromatic rings. The lowest BCUT2D eigenvalue weighted by atomic mass is 10.0. The molecule has 1 aliphatic heterocycles. The molecular formula is C10H14N2O5S. The topological polar surface area (TPSA) is 97.6 Å². The van der Waals surface area contributed by atoms with Crippen LogP contribution in [0.2, 0.25) is 0 Å². The Labute approximate surface area is 104 Å². The summed E-state index contributed by atoms with van der Waals surface area (Å²) < 4.78 is 32.9. The zero-order valence-corrected chi connectivity index (χ0v) is 10.6. The van der Waals surface area contributed by atoms with Crippen LogP contribution in [0.5, 0.6) is 0 Å². The number of hydrogen-bond acceptors (Lipinski definition) is 4. The molecular weight excluding hydrogens is 260 g/mol. The molecule has 1 saturated heterocycles. The van der Waals surface area contributed by atoms with Gasteiger partial charge in [-0.1, -0.05) is 0 Å². The van der Waals surface area contributed by atoms with E-state index < -0.39 is 21.5 Å². The molecule has 1 fully saturated rings. The molecule has 2 heterocycles. The number of rotatable bonds is 4. The smallest absolute Gasteiger partial charge is 0.327 e. The number of carboxylic acid groups (broad SMARTS) is 1. The molecule has 0 aliphatic carbocycles. The van der Waals surface area contributed by atoms with Crippen LogP contribution in [0.3, 0.4) is 0 Å². The first-order chi connectivity index (χ1) is 8.36. The molecule has 1 unspecified atom stereocenters. The second kappa shape index (κ2) is 4.38. The molecule has 2 N–H and O–H groups in total. The fourth-order valence-electron chi connectivity index (χ4n) is 1.81. The van der Waals surface area contributed by atoms with Crippen LogP contribution in [0.4, 0.5) is 0 Å². The van der Waals surface area contributed by atoms with E-state index in [1.54, 1.807) is 17.8 Å². The maximum atomic E-state index is 12.1. The van der Waals surface area contributed by atoms with Crippen molar-refractivity contribution in [2.45, 2.75) is 16.9 Å². The number of aromatic nitrogens is 1. The highest BCUT2D eigenvalue weighted by Gasteiger charge is 2.46. The SMILES string of the molecule is Cn1ccc(S(=O)(=O)NC2(C(=O)O)CCOC2)c1. The van der Waals surface area contributed by atoms with Crippen molar-refractivity contribution in [3.63, 3.8) is 0 Å². The zero-order valence-electron chi connectivity index (χ0n) is 9.79. The van der Waals surface area contributed by atoms with Gasteiger partial charge in [0.1, 0.15) is 0 Å². The van der Waals surface area contributed by atoms with Gasteiger partial charge in [0.15, 0.2) is 5.54 Å². The number of nitrogens with one attached hydrogen (secondary N) is 1. The highest BCUT2D eigenvalue weighted by atomic mass is 32.2. The van der Waals surface area contributed by atoms with Crippen LogP contribution in [0, 0.1) is 0 Å². The van der Waals surface area contributed by atoms with E-state index in [9.17, 15) is 13.2 Å². The average Bonchev–Trinajstić information content (AvgIpc) is 2.87. The Hall–Kier alpha value is -1.38. The van der Waals surface area contributed by atoms with Crippen molar-refractivity contribution in [3.05, 3.63) is 18.5 Å². The predicted octanol–water partition coefficient (Wildman–Crippen LogP) is -0.453. The standard InChI is InChI=1S/C10H14N2O5S/c1-12-4-2-8(6-12)18(15,16)11-10(9(13)14)3-5-17-7-10/h2,4,6,11H,3,5,7H2,1H3,(H,13,14). The summed E-state index contributed by atoms with van der Waals surface area (Å²) in [5.74, 6) is -1.22. The fourth-order valence-corrected chi connectivity index (χ4v) is 3.24. The number of aliphatic carboxylic acids is 1. The molecule has 0 amide bonds. The number of aryl methyl sites for hydroxylation is 1. The first-order valence-corrected chi connectivity index (χ1v) is 6.81. The van der Waals surface area contributed by atoms with Gasteiger partial charge < -0.3 is 14.4 Å². The van der Waals surface area contributed by atoms with Crippen LogP contribution < -0.4 is 4.72 Å². The Morgan fingerprint density at radius 3 is 2.78 bits per heavy atom. The minimum absolute atomic E-state index is 0.0394. The third kappa shape index (κ3) is 2.26. The number of carbonyl (C=O) groups is 1. The summed E-state index contributed by atoms with van der Waals surface area (Å²) in [6.45, 7) is 0.0675. The van der Waals surface area contributed by atoms with Gasteiger partial charge in [-0.25, -0.2) is 8.42 Å². The molecule has 7 nitrogen and oxygen atoms in total. The van der Waals surface area contributed by atoms with Crippen LogP contribution in [0.25, 0.3) is 0 Å². The van der Waals surface area contributed by atoms with Crippen LogP contribution in [0.15, 0.2) is 23.4 Å². The van der Waals surface area contributed by atoms with Crippen molar-refractivity contribution in [3.8, 4) is 0 Å². The highest BCUT2D eigenvalue weighted by Crippen LogP contribution is 2.22. The van der Waals surface area contributed by atoms with E-state index in [2.05, 4.69) is 4.72 Å². The summed E-state index contributed by atoms with van der Waals surface area (Å²) in [6.07, 6.45) is 3.11. The largest absolute Gasteiger partial charge is 0.480 e. The molecule has 1 aromatic heterocycles. The molecule has 100 valence electrons. The lowest BCUT2D eigenvalue weighted by Crippen LogP contribution is -2.54. The second-order valence-electron chi connectivity index (χ2n) is 4.31. The van der Waals surface area contributed by atoms with E-state index in [-0.39, 0.29) is 24.5 Å². The number of nitrogens with zero attached hydrogens (tertiary/aromatic N) is 1. The number of sulfonamides is 1. The van der Waals surface area contributed by atoms with Crippen LogP contribution in [0.1, 0.15) is 6.42 Å². The fraction of sp³-hybridized carbons (Fsp3) is 0.500. The van der Waals surface area contributed by atoms with Gasteiger partial charge in [-0.05, 0) is 6.07 Å². The van der Waals surface area contributed by atoms with Crippen molar-refractivity contribution in [1.29, 1.82) is 0 Å². The number of ether oxygens (including phenoxy) is 1. The average molecular weight is 274 g/mol. The Balaban J connectivity index is 2.29. The van der Waals surface area contributed by atoms with E-state index in [1.807, 2.05) is 0 Å². The van der Waals surface area contributed by atoms with Crippen LogP contribution in [-0.4, -0.2) is 42.8 Å². The molecule has 0 spiro atoms. The Morgan fingerprint density at radius 2 is 2.33 bits per heavy atom. The van der Waals surface area contributed by atoms with E-state index in [0.29, 0.717) is 0 Å². The molecule has 2 rings (SSSR count). The molecule has 8 heteroatoms. The monoisotopic (exact) mass is 274 g/mol. The summed E-state index contributed by atoms with van der Waals surface area (Å²) in [5.41, 5.74) is -1.56. The molecule has 0 radical (unpaired) electrons. The van der Waals surface area contributed by atoms with Crippen molar-refractivity contribution in [2.24, 2.45) is 7.05 Å². The number of hydrogen-bond donors (Lipinski definition) is 2. The minimum atomic E-state index is -3.86. The predicted molar refractivity (Wildman–Crippen MR) is 61.5 cm³/mol. The Kier molecular flexibility index (Phi) is 3.18. The van der Waals surface area contributed by atoms with Gasteiger partial charge in [-0.15, -0.1) is 0 Å². The maximum absolute atomic E-state index is 12.1. The van der Waals surface area contributed by atoms with Crippen LogP contribution in [-0.2, 0) is 26.6 Å². The van der Waals surface area contributed by atoms with Gasteiger partial charge in [0.25, 0.3) is 0 Å². The summed E-state index contributed by atoms with van der Waals surface area (Å²) in [7, 11) is -2.17. The highest BCUT2D eigenvalue weighted by molar-refractivity contribution is 7.89. The van der Waals surface area contributed by atoms with Crippen LogP contribution >= 0.6 is 0 Å². The van der Waals surface area contributed by atoms with Gasteiger partial charge >= 0.3 is 5.97 Å². The first-order valence-electron chi connectivity index (χ1n) is 5.33. The molecule has 0 bridgehead atoms. The van der Waals surface area contributed by atoms with Crippen molar-refractivity contribution in [1.82, 2.24) is 9.29 Å². The summed E-state index contributed by atoms with van der Waals surface area (Å²) in [5, 5.41) is 9.17. The van der Waals surface area contributed by atoms with Crippen molar-refractivity contribution >= 4 is 16.0 Å². The maximum Gasteiger partial charge on any atom is 0.327 e. The summed E-state index contributed by atoms with van der Waals surface area (Å²) in [6, 6.07) is 1.41. The van der Waals surface area contributed by atoms with Gasteiger partial charge in [0.2, 0.25) is 10.0 Å². The zero-order chi connectivity index (χ0) is 13.4. The van der Waals surface area contributed by atoms with E-state index in [4.69, 9.17) is 9.84 Å². The van der Waals surface area contributed by atoms with Crippen molar-refractivity contribution in [2.75, 3.05) is 13.2 Å². The third-order valence-electron chi connectivity index (χ3n) is 2.88. The molecule has 1 atom stereocenters. The lowest BCUT2D eigenvalue weighted by molar-refractivity contribution is -0.144. The number of carboxylic acids is 1. The third-order valence-corrected chi connectivity index (χ3v) is 4.40. The molecule has 18 heavy (non-hydrogen) atoms. The lowest BCUT2D eigenvalue weighted by Gasteiger charge is -2.22. The Morgan fingerprint density at radius 1 is 1.61 bits per heavy atom. The van der Waals surface area contributed by atoms with Gasteiger partial charge in [0.05, 0.1) is 11.5 Å². The van der Waals surface area contributed by atoms with E-state index in [1.165, 1.54) is 12.3 Å². The van der Waals surface area contributed by atoms with Gasteiger partial charge in [-0.2, -0.15) is 4.72 Å². The summed E-state index contributed by atoms with van der Waals surface area (Å²) in [4.78, 5) is 11.3. The molecule has 0 saturated carbocycles. The normalized spacial score (nSPS) is 24.3.